The van der Waals surface area contributed by atoms with E-state index in [1.807, 2.05) is 0 Å². The lowest BCUT2D eigenvalue weighted by atomic mass is 10.1. The summed E-state index contributed by atoms with van der Waals surface area (Å²) in [4.78, 5) is 35.7. The standard InChI is InChI=1S/C24H19F3N2O4/c1-15(30)33-19-6-4-5-17(13-19)22(31)29-18-11-9-16(10-12-18)14-28-23(32)20-7-2-3-8-21(20)24(25,26)27/h2-13H,14H2,1H3,(H,28,32)(H,29,31). The highest BCUT2D eigenvalue weighted by Gasteiger charge is 2.34. The number of hydrogen-bond acceptors (Lipinski definition) is 4. The van der Waals surface area contributed by atoms with Gasteiger partial charge in [0.15, 0.2) is 0 Å². The second-order valence-electron chi connectivity index (χ2n) is 7.00. The third-order valence-corrected chi connectivity index (χ3v) is 4.50. The first kappa shape index (κ1) is 23.5. The maximum atomic E-state index is 13.1. The molecular formula is C24H19F3N2O4. The molecule has 9 heteroatoms. The molecule has 0 saturated carbocycles. The van der Waals surface area contributed by atoms with Crippen LogP contribution in [-0.2, 0) is 17.5 Å². The summed E-state index contributed by atoms with van der Waals surface area (Å²) in [5.41, 5.74) is -0.0744. The molecular weight excluding hydrogens is 437 g/mol. The minimum atomic E-state index is -4.63. The Bertz CT molecular complexity index is 1170. The van der Waals surface area contributed by atoms with Crippen LogP contribution in [0, 0.1) is 0 Å². The zero-order valence-corrected chi connectivity index (χ0v) is 17.4. The fraction of sp³-hybridized carbons (Fsp3) is 0.125. The van der Waals surface area contributed by atoms with Crippen molar-refractivity contribution in [1.82, 2.24) is 5.32 Å². The molecule has 0 aliphatic heterocycles. The third kappa shape index (κ3) is 6.42. The summed E-state index contributed by atoms with van der Waals surface area (Å²) < 4.78 is 44.2. The van der Waals surface area contributed by atoms with Gasteiger partial charge < -0.3 is 15.4 Å². The second-order valence-corrected chi connectivity index (χ2v) is 7.00. The Hall–Kier alpha value is -4.14. The zero-order valence-electron chi connectivity index (χ0n) is 17.4. The van der Waals surface area contributed by atoms with E-state index < -0.39 is 35.1 Å². The highest BCUT2D eigenvalue weighted by Crippen LogP contribution is 2.31. The van der Waals surface area contributed by atoms with Crippen LogP contribution in [0.2, 0.25) is 0 Å². The van der Waals surface area contributed by atoms with Gasteiger partial charge in [-0.05, 0) is 48.0 Å². The molecule has 33 heavy (non-hydrogen) atoms. The van der Waals surface area contributed by atoms with Crippen molar-refractivity contribution in [2.45, 2.75) is 19.6 Å². The molecule has 0 aliphatic rings. The van der Waals surface area contributed by atoms with E-state index in [1.165, 1.54) is 25.1 Å². The number of rotatable bonds is 6. The average Bonchev–Trinajstić information content (AvgIpc) is 2.77. The Labute approximate surface area is 187 Å². The fourth-order valence-electron chi connectivity index (χ4n) is 2.98. The molecule has 0 fully saturated rings. The molecule has 0 aliphatic carbocycles. The topological polar surface area (TPSA) is 84.5 Å². The van der Waals surface area contributed by atoms with E-state index in [9.17, 15) is 27.6 Å². The van der Waals surface area contributed by atoms with Crippen molar-refractivity contribution in [3.63, 3.8) is 0 Å². The molecule has 0 saturated heterocycles. The summed E-state index contributed by atoms with van der Waals surface area (Å²) in [6, 6.07) is 17.1. The van der Waals surface area contributed by atoms with Gasteiger partial charge in [-0.15, -0.1) is 0 Å². The van der Waals surface area contributed by atoms with Crippen LogP contribution in [0.25, 0.3) is 0 Å². The summed E-state index contributed by atoms with van der Waals surface area (Å²) in [5, 5.41) is 5.16. The third-order valence-electron chi connectivity index (χ3n) is 4.50. The van der Waals surface area contributed by atoms with Gasteiger partial charge in [0.25, 0.3) is 11.8 Å². The van der Waals surface area contributed by atoms with Crippen molar-refractivity contribution in [1.29, 1.82) is 0 Å². The highest BCUT2D eigenvalue weighted by molar-refractivity contribution is 6.04. The first-order chi connectivity index (χ1) is 15.6. The second kappa shape index (κ2) is 9.99. The molecule has 2 amide bonds. The quantitative estimate of drug-likeness (QED) is 0.412. The SMILES string of the molecule is CC(=O)Oc1cccc(C(=O)Nc2ccc(CNC(=O)c3ccccc3C(F)(F)F)cc2)c1. The Morgan fingerprint density at radius 2 is 1.58 bits per heavy atom. The largest absolute Gasteiger partial charge is 0.427 e. The van der Waals surface area contributed by atoms with Crippen molar-refractivity contribution >= 4 is 23.5 Å². The van der Waals surface area contributed by atoms with Gasteiger partial charge in [-0.25, -0.2) is 0 Å². The van der Waals surface area contributed by atoms with Crippen molar-refractivity contribution in [2.75, 3.05) is 5.32 Å². The molecule has 0 bridgehead atoms. The number of carbonyl (C=O) groups is 3. The van der Waals surface area contributed by atoms with Crippen molar-refractivity contribution in [2.24, 2.45) is 0 Å². The number of nitrogens with one attached hydrogen (secondary N) is 2. The molecule has 0 radical (unpaired) electrons. The summed E-state index contributed by atoms with van der Waals surface area (Å²) in [7, 11) is 0. The molecule has 3 aromatic carbocycles. The Balaban J connectivity index is 1.61. The lowest BCUT2D eigenvalue weighted by molar-refractivity contribution is -0.138. The number of ether oxygens (including phenoxy) is 1. The van der Waals surface area contributed by atoms with Crippen LogP contribution in [0.4, 0.5) is 18.9 Å². The molecule has 3 aromatic rings. The van der Waals surface area contributed by atoms with Crippen molar-refractivity contribution < 1.29 is 32.3 Å². The van der Waals surface area contributed by atoms with Crippen LogP contribution in [0.15, 0.2) is 72.8 Å². The fourth-order valence-corrected chi connectivity index (χ4v) is 2.98. The monoisotopic (exact) mass is 456 g/mol. The predicted molar refractivity (Wildman–Crippen MR) is 115 cm³/mol. The summed E-state index contributed by atoms with van der Waals surface area (Å²) >= 11 is 0. The summed E-state index contributed by atoms with van der Waals surface area (Å²) in [6.45, 7) is 1.26. The van der Waals surface area contributed by atoms with Crippen molar-refractivity contribution in [3.05, 3.63) is 95.1 Å². The Morgan fingerprint density at radius 1 is 0.879 bits per heavy atom. The van der Waals surface area contributed by atoms with Crippen LogP contribution in [-0.4, -0.2) is 17.8 Å². The zero-order chi connectivity index (χ0) is 24.0. The lowest BCUT2D eigenvalue weighted by Gasteiger charge is -2.13. The smallest absolute Gasteiger partial charge is 0.417 e. The number of alkyl halides is 3. The number of carbonyl (C=O) groups excluding carboxylic acids is 3. The van der Waals surface area contributed by atoms with Crippen LogP contribution in [0.1, 0.15) is 38.8 Å². The van der Waals surface area contributed by atoms with Crippen LogP contribution >= 0.6 is 0 Å². The van der Waals surface area contributed by atoms with Gasteiger partial charge in [0, 0.05) is 24.7 Å². The molecule has 3 rings (SSSR count). The van der Waals surface area contributed by atoms with Crippen LogP contribution in [0.3, 0.4) is 0 Å². The molecule has 2 N–H and O–H groups in total. The number of hydrogen-bond donors (Lipinski definition) is 2. The minimum absolute atomic E-state index is 0.00365. The molecule has 0 aromatic heterocycles. The first-order valence-corrected chi connectivity index (χ1v) is 9.76. The predicted octanol–water partition coefficient (Wildman–Crippen LogP) is 4.81. The number of esters is 1. The normalized spacial score (nSPS) is 10.9. The van der Waals surface area contributed by atoms with Crippen LogP contribution < -0.4 is 15.4 Å². The molecule has 170 valence electrons. The number of amides is 2. The molecule has 0 heterocycles. The maximum absolute atomic E-state index is 13.1. The van der Waals surface area contributed by atoms with Crippen LogP contribution in [0.5, 0.6) is 5.75 Å². The first-order valence-electron chi connectivity index (χ1n) is 9.76. The van der Waals surface area contributed by atoms with Gasteiger partial charge in [-0.3, -0.25) is 14.4 Å². The summed E-state index contributed by atoms with van der Waals surface area (Å²) in [5.74, 6) is -1.52. The molecule has 6 nitrogen and oxygen atoms in total. The molecule has 0 spiro atoms. The Kier molecular flexibility index (Phi) is 7.12. The lowest BCUT2D eigenvalue weighted by Crippen LogP contribution is -2.25. The average molecular weight is 456 g/mol. The van der Waals surface area contributed by atoms with E-state index in [-0.39, 0.29) is 17.9 Å². The van der Waals surface area contributed by atoms with Gasteiger partial charge in [0.1, 0.15) is 5.75 Å². The maximum Gasteiger partial charge on any atom is 0.417 e. The number of halogens is 3. The van der Waals surface area contributed by atoms with E-state index in [2.05, 4.69) is 10.6 Å². The van der Waals surface area contributed by atoms with Crippen molar-refractivity contribution in [3.8, 4) is 5.75 Å². The van der Waals surface area contributed by atoms with Gasteiger partial charge in [0.2, 0.25) is 0 Å². The molecule has 0 unspecified atom stereocenters. The number of benzene rings is 3. The van der Waals surface area contributed by atoms with Gasteiger partial charge >= 0.3 is 12.1 Å². The van der Waals surface area contributed by atoms with Gasteiger partial charge in [-0.2, -0.15) is 13.2 Å². The van der Waals surface area contributed by atoms with Gasteiger partial charge in [0.05, 0.1) is 11.1 Å². The summed E-state index contributed by atoms with van der Waals surface area (Å²) in [6.07, 6.45) is -4.63. The molecule has 0 atom stereocenters. The van der Waals surface area contributed by atoms with E-state index >= 15 is 0 Å². The highest BCUT2D eigenvalue weighted by atomic mass is 19.4. The number of anilines is 1. The Morgan fingerprint density at radius 3 is 2.24 bits per heavy atom. The van der Waals surface area contributed by atoms with E-state index in [0.29, 0.717) is 11.3 Å². The van der Waals surface area contributed by atoms with E-state index in [4.69, 9.17) is 4.74 Å². The van der Waals surface area contributed by atoms with E-state index in [0.717, 1.165) is 12.1 Å². The van der Waals surface area contributed by atoms with Gasteiger partial charge in [-0.1, -0.05) is 30.3 Å². The van der Waals surface area contributed by atoms with E-state index in [1.54, 1.807) is 42.5 Å². The minimum Gasteiger partial charge on any atom is -0.427 e.